The van der Waals surface area contributed by atoms with Gasteiger partial charge in [0.1, 0.15) is 6.42 Å². The second-order valence-electron chi connectivity index (χ2n) is 7.73. The summed E-state index contributed by atoms with van der Waals surface area (Å²) >= 11 is 0. The molecule has 1 atom stereocenters. The van der Waals surface area contributed by atoms with E-state index >= 15 is 0 Å². The number of hydrogen-bond donors (Lipinski definition) is 4. The summed E-state index contributed by atoms with van der Waals surface area (Å²) in [6, 6.07) is 15.9. The Balaban J connectivity index is 1.84. The molecule has 0 unspecified atom stereocenters. The molecule has 3 aromatic rings. The Morgan fingerprint density at radius 1 is 1.06 bits per heavy atom. The molecule has 0 fully saturated rings. The van der Waals surface area contributed by atoms with Gasteiger partial charge in [-0.15, -0.1) is 0 Å². The molecule has 5 N–H and O–H groups in total. The summed E-state index contributed by atoms with van der Waals surface area (Å²) in [6.45, 7) is 3.76. The maximum Gasteiger partial charge on any atom is 0.240 e. The number of anilines is 2. The van der Waals surface area contributed by atoms with Crippen molar-refractivity contribution < 1.29 is 18.0 Å². The van der Waals surface area contributed by atoms with Crippen LogP contribution in [0.1, 0.15) is 30.5 Å². The van der Waals surface area contributed by atoms with E-state index < -0.39 is 28.3 Å². The van der Waals surface area contributed by atoms with Crippen LogP contribution < -0.4 is 21.1 Å². The highest BCUT2D eigenvalue weighted by atomic mass is 32.2. The molecular weight excluding hydrogens is 454 g/mol. The van der Waals surface area contributed by atoms with E-state index in [0.717, 1.165) is 16.7 Å². The average molecular weight is 482 g/mol. The van der Waals surface area contributed by atoms with E-state index in [1.54, 1.807) is 36.5 Å². The molecule has 0 aliphatic rings. The van der Waals surface area contributed by atoms with Gasteiger partial charge in [-0.05, 0) is 49.7 Å². The molecule has 0 spiro atoms. The molecule has 178 valence electrons. The van der Waals surface area contributed by atoms with E-state index in [0.29, 0.717) is 17.1 Å². The number of carbonyl (C=O) groups excluding carboxylic acids is 2. The first-order chi connectivity index (χ1) is 16.1. The summed E-state index contributed by atoms with van der Waals surface area (Å²) in [7, 11) is -2.22. The number of nitrogens with one attached hydrogen (secondary N) is 3. The molecule has 0 aliphatic carbocycles. The number of pyridine rings is 1. The van der Waals surface area contributed by atoms with E-state index in [-0.39, 0.29) is 10.9 Å². The minimum absolute atomic E-state index is 0.188. The van der Waals surface area contributed by atoms with E-state index in [1.165, 1.54) is 7.05 Å². The maximum atomic E-state index is 12.4. The van der Waals surface area contributed by atoms with Crippen molar-refractivity contribution in [2.75, 3.05) is 17.7 Å². The van der Waals surface area contributed by atoms with Crippen molar-refractivity contribution in [3.05, 3.63) is 71.9 Å². The second-order valence-corrected chi connectivity index (χ2v) is 9.59. The molecule has 0 bridgehead atoms. The minimum atomic E-state index is -3.60. The number of nitrogens with two attached hydrogens (primary N) is 1. The smallest absolute Gasteiger partial charge is 0.240 e. The first-order valence-corrected chi connectivity index (χ1v) is 12.0. The fourth-order valence-corrected chi connectivity index (χ4v) is 4.41. The molecule has 0 saturated carbocycles. The Morgan fingerprint density at radius 2 is 1.74 bits per heavy atom. The number of primary amides is 1. The highest BCUT2D eigenvalue weighted by Gasteiger charge is 2.18. The van der Waals surface area contributed by atoms with Crippen molar-refractivity contribution in [3.63, 3.8) is 0 Å². The van der Waals surface area contributed by atoms with E-state index in [1.807, 2.05) is 38.1 Å². The van der Waals surface area contributed by atoms with Gasteiger partial charge in [0, 0.05) is 11.8 Å². The standard InChI is InChI=1S/C24H27N5O4S/c1-15-12-13-27-24(23(15)29-22(31)14-21(25)30)28-16(2)17-8-10-18(11-9-17)19-6-4-5-7-20(19)34(32,33)26-3/h4-13,16,26H,14H2,1-3H3,(H2,25,30)(H,27,28)(H,29,31)/t16-/m1/s1. The number of carbonyl (C=O) groups is 2. The Hall–Kier alpha value is -3.76. The van der Waals surface area contributed by atoms with Gasteiger partial charge >= 0.3 is 0 Å². The number of aromatic nitrogens is 1. The molecule has 2 amide bonds. The number of amides is 2. The van der Waals surface area contributed by atoms with Gasteiger partial charge in [0.15, 0.2) is 5.82 Å². The molecule has 0 saturated heterocycles. The van der Waals surface area contributed by atoms with E-state index in [4.69, 9.17) is 5.73 Å². The van der Waals surface area contributed by atoms with Crippen LogP contribution in [0.2, 0.25) is 0 Å². The van der Waals surface area contributed by atoms with Crippen molar-refractivity contribution in [3.8, 4) is 11.1 Å². The van der Waals surface area contributed by atoms with E-state index in [2.05, 4.69) is 20.3 Å². The zero-order valence-electron chi connectivity index (χ0n) is 19.1. The minimum Gasteiger partial charge on any atom is -0.369 e. The van der Waals surface area contributed by atoms with Crippen molar-refractivity contribution in [1.29, 1.82) is 0 Å². The highest BCUT2D eigenvalue weighted by molar-refractivity contribution is 7.89. The van der Waals surface area contributed by atoms with Gasteiger partial charge in [0.25, 0.3) is 0 Å². The predicted octanol–water partition coefficient (Wildman–Crippen LogP) is 2.95. The Morgan fingerprint density at radius 3 is 2.38 bits per heavy atom. The fraction of sp³-hybridized carbons (Fsp3) is 0.208. The highest BCUT2D eigenvalue weighted by Crippen LogP contribution is 2.30. The van der Waals surface area contributed by atoms with Gasteiger partial charge in [-0.25, -0.2) is 18.1 Å². The topological polar surface area (TPSA) is 143 Å². The van der Waals surface area contributed by atoms with Crippen molar-refractivity contribution in [2.24, 2.45) is 5.73 Å². The van der Waals surface area contributed by atoms with Crippen LogP contribution in [0.3, 0.4) is 0 Å². The van der Waals surface area contributed by atoms with Crippen LogP contribution in [0, 0.1) is 6.92 Å². The van der Waals surface area contributed by atoms with Crippen LogP contribution in [-0.4, -0.2) is 32.3 Å². The third-order valence-corrected chi connectivity index (χ3v) is 6.75. The first-order valence-electron chi connectivity index (χ1n) is 10.6. The van der Waals surface area contributed by atoms with Crippen molar-refractivity contribution in [1.82, 2.24) is 9.71 Å². The van der Waals surface area contributed by atoms with Gasteiger partial charge in [-0.2, -0.15) is 0 Å². The van der Waals surface area contributed by atoms with Gasteiger partial charge in [-0.1, -0.05) is 42.5 Å². The first kappa shape index (κ1) is 24.9. The quantitative estimate of drug-likeness (QED) is 0.346. The van der Waals surface area contributed by atoms with Crippen LogP contribution in [0.5, 0.6) is 0 Å². The lowest BCUT2D eigenvalue weighted by Crippen LogP contribution is -2.23. The van der Waals surface area contributed by atoms with Gasteiger partial charge < -0.3 is 16.4 Å². The predicted molar refractivity (Wildman–Crippen MR) is 132 cm³/mol. The van der Waals surface area contributed by atoms with E-state index in [9.17, 15) is 18.0 Å². The van der Waals surface area contributed by atoms with Crippen LogP contribution >= 0.6 is 0 Å². The van der Waals surface area contributed by atoms with Gasteiger partial charge in [0.2, 0.25) is 21.8 Å². The summed E-state index contributed by atoms with van der Waals surface area (Å²) in [5.41, 5.74) is 8.65. The number of benzene rings is 2. The molecule has 9 nitrogen and oxygen atoms in total. The summed E-state index contributed by atoms with van der Waals surface area (Å²) < 4.78 is 27.1. The molecule has 1 aromatic heterocycles. The average Bonchev–Trinajstić information content (AvgIpc) is 2.81. The summed E-state index contributed by atoms with van der Waals surface area (Å²) in [5.74, 6) is -0.773. The summed E-state index contributed by atoms with van der Waals surface area (Å²) in [4.78, 5) is 27.6. The summed E-state index contributed by atoms with van der Waals surface area (Å²) in [6.07, 6.45) is 1.20. The van der Waals surface area contributed by atoms with Crippen molar-refractivity contribution >= 4 is 33.3 Å². The zero-order chi connectivity index (χ0) is 24.9. The monoisotopic (exact) mass is 481 g/mol. The Bertz CT molecular complexity index is 1310. The lowest BCUT2D eigenvalue weighted by molar-refractivity contribution is -0.124. The van der Waals surface area contributed by atoms with Crippen LogP contribution in [0.25, 0.3) is 11.1 Å². The zero-order valence-corrected chi connectivity index (χ0v) is 19.9. The normalized spacial score (nSPS) is 12.1. The third kappa shape index (κ3) is 5.77. The molecule has 1 heterocycles. The van der Waals surface area contributed by atoms with Crippen molar-refractivity contribution in [2.45, 2.75) is 31.2 Å². The number of aryl methyl sites for hydroxylation is 1. The fourth-order valence-electron chi connectivity index (χ4n) is 3.46. The van der Waals surface area contributed by atoms with Crippen LogP contribution in [0.15, 0.2) is 65.7 Å². The molecule has 34 heavy (non-hydrogen) atoms. The summed E-state index contributed by atoms with van der Waals surface area (Å²) in [5, 5.41) is 5.98. The lowest BCUT2D eigenvalue weighted by atomic mass is 10.0. The molecule has 0 radical (unpaired) electrons. The SMILES string of the molecule is CNS(=O)(=O)c1ccccc1-c1ccc([C@@H](C)Nc2nccc(C)c2NC(=O)CC(N)=O)cc1. The number of nitrogens with zero attached hydrogens (tertiary/aromatic N) is 1. The molecule has 2 aromatic carbocycles. The Labute approximate surface area is 198 Å². The maximum absolute atomic E-state index is 12.4. The molecule has 3 rings (SSSR count). The molecule has 10 heteroatoms. The van der Waals surface area contributed by atoms with Gasteiger partial charge in [-0.3, -0.25) is 9.59 Å². The number of rotatable bonds is 9. The number of hydrogen-bond acceptors (Lipinski definition) is 6. The third-order valence-electron chi connectivity index (χ3n) is 5.28. The largest absolute Gasteiger partial charge is 0.369 e. The Kier molecular flexibility index (Phi) is 7.64. The van der Waals surface area contributed by atoms with Crippen LogP contribution in [0.4, 0.5) is 11.5 Å². The molecular formula is C24H27N5O4S. The molecule has 0 aliphatic heterocycles. The second kappa shape index (κ2) is 10.4. The lowest BCUT2D eigenvalue weighted by Gasteiger charge is -2.19. The van der Waals surface area contributed by atoms with Gasteiger partial charge in [0.05, 0.1) is 16.6 Å². The van der Waals surface area contributed by atoms with Crippen LogP contribution in [-0.2, 0) is 19.6 Å². The number of sulfonamides is 1.